The summed E-state index contributed by atoms with van der Waals surface area (Å²) in [6, 6.07) is 7.18. The summed E-state index contributed by atoms with van der Waals surface area (Å²) in [6.07, 6.45) is -5.35. The second-order valence-corrected chi connectivity index (χ2v) is 7.87. The molecule has 2 unspecified atom stereocenters. The van der Waals surface area contributed by atoms with Gasteiger partial charge in [-0.2, -0.15) is 8.78 Å². The standard InChI is InChI=1S/C23H19ClF2N2O4/c24-16-5-3-15(4-6-16)23(25,26)19(29)9-2-13-1-7-17-14(11-13)12-28(22(17)32)18-8-10-20(30)27-21(18)31/h1,3-7,11,18H,2,8-10,12H2,(H,27,30,31)/i8D2,10D/hD. The number of hydrogen-bond donors (Lipinski definition) is 1. The Labute approximate surface area is 193 Å². The molecule has 1 saturated heterocycles. The smallest absolute Gasteiger partial charge is 0.322 e. The predicted molar refractivity (Wildman–Crippen MR) is 111 cm³/mol. The summed E-state index contributed by atoms with van der Waals surface area (Å²) in [5.74, 6) is -8.32. The second kappa shape index (κ2) is 8.43. The van der Waals surface area contributed by atoms with Gasteiger partial charge in [0.15, 0.2) is 1.41 Å². The number of alkyl halides is 2. The van der Waals surface area contributed by atoms with Gasteiger partial charge in [0.25, 0.3) is 5.91 Å². The average Bonchev–Trinajstić information content (AvgIpc) is 3.15. The lowest BCUT2D eigenvalue weighted by molar-refractivity contribution is -0.144. The maximum atomic E-state index is 14.5. The minimum Gasteiger partial charge on any atom is -0.322 e. The second-order valence-electron chi connectivity index (χ2n) is 7.43. The quantitative estimate of drug-likeness (QED) is 0.664. The molecule has 2 aromatic rings. The molecule has 2 heterocycles. The van der Waals surface area contributed by atoms with Gasteiger partial charge in [-0.25, -0.2) is 0 Å². The van der Waals surface area contributed by atoms with Gasteiger partial charge in [-0.3, -0.25) is 24.5 Å². The molecule has 0 aromatic heterocycles. The van der Waals surface area contributed by atoms with Gasteiger partial charge in [0.1, 0.15) is 6.04 Å². The molecule has 32 heavy (non-hydrogen) atoms. The molecular weight excluding hydrogens is 442 g/mol. The first-order valence-electron chi connectivity index (χ1n) is 11.7. The largest absolute Gasteiger partial charge is 0.330 e. The summed E-state index contributed by atoms with van der Waals surface area (Å²) >= 11 is 5.71. The van der Waals surface area contributed by atoms with Crippen molar-refractivity contribution in [3.05, 3.63) is 69.7 Å². The first kappa shape index (κ1) is 17.4. The van der Waals surface area contributed by atoms with Crippen molar-refractivity contribution in [2.75, 3.05) is 0 Å². The Morgan fingerprint density at radius 2 is 1.94 bits per heavy atom. The van der Waals surface area contributed by atoms with E-state index in [4.69, 9.17) is 17.1 Å². The number of hydrogen-bond acceptors (Lipinski definition) is 4. The van der Waals surface area contributed by atoms with E-state index in [1.54, 1.807) is 0 Å². The molecule has 6 nitrogen and oxygen atoms in total. The molecule has 2 atom stereocenters. The van der Waals surface area contributed by atoms with Gasteiger partial charge in [0.2, 0.25) is 17.6 Å². The van der Waals surface area contributed by atoms with Gasteiger partial charge >= 0.3 is 5.92 Å². The van der Waals surface area contributed by atoms with E-state index >= 15 is 0 Å². The number of amides is 3. The van der Waals surface area contributed by atoms with Crippen LogP contribution in [-0.4, -0.2) is 34.4 Å². The van der Waals surface area contributed by atoms with Crippen LogP contribution in [0.25, 0.3) is 0 Å². The highest BCUT2D eigenvalue weighted by molar-refractivity contribution is 6.30. The van der Waals surface area contributed by atoms with E-state index in [2.05, 4.69) is 0 Å². The topological polar surface area (TPSA) is 83.6 Å². The minimum atomic E-state index is -3.71. The highest BCUT2D eigenvalue weighted by atomic mass is 35.5. The summed E-state index contributed by atoms with van der Waals surface area (Å²) in [6.45, 7) is -0.248. The molecule has 0 spiro atoms. The van der Waals surface area contributed by atoms with Crippen LogP contribution in [0.15, 0.2) is 42.5 Å². The number of carbonyl (C=O) groups excluding carboxylic acids is 4. The fourth-order valence-electron chi connectivity index (χ4n) is 3.64. The molecule has 1 fully saturated rings. The predicted octanol–water partition coefficient (Wildman–Crippen LogP) is 3.39. The van der Waals surface area contributed by atoms with Crippen LogP contribution in [-0.2, 0) is 33.3 Å². The van der Waals surface area contributed by atoms with Crippen LogP contribution < -0.4 is 5.31 Å². The summed E-state index contributed by atoms with van der Waals surface area (Å²) in [7, 11) is 0. The molecule has 3 amide bonds. The van der Waals surface area contributed by atoms with Gasteiger partial charge in [0, 0.05) is 39.6 Å². The number of nitrogens with zero attached hydrogens (tertiary/aromatic N) is 1. The lowest BCUT2D eigenvalue weighted by Crippen LogP contribution is -2.52. The number of carbonyl (C=O) groups is 4. The molecule has 0 aliphatic carbocycles. The molecule has 4 rings (SSSR count). The van der Waals surface area contributed by atoms with Crippen molar-refractivity contribution in [1.82, 2.24) is 10.2 Å². The van der Waals surface area contributed by atoms with Crippen molar-refractivity contribution in [2.45, 2.75) is 44.1 Å². The zero-order chi connectivity index (χ0) is 26.6. The summed E-state index contributed by atoms with van der Waals surface area (Å²) in [5, 5.41) is 0.157. The third kappa shape index (κ3) is 4.14. The van der Waals surface area contributed by atoms with E-state index in [0.29, 0.717) is 11.1 Å². The normalized spacial score (nSPS) is 24.5. The highest BCUT2D eigenvalue weighted by Crippen LogP contribution is 2.32. The number of rotatable bonds is 6. The van der Waals surface area contributed by atoms with Crippen molar-refractivity contribution in [3.63, 3.8) is 0 Å². The molecule has 9 heteroatoms. The Morgan fingerprint density at radius 1 is 1.22 bits per heavy atom. The van der Waals surface area contributed by atoms with Crippen molar-refractivity contribution in [1.29, 1.82) is 0 Å². The van der Waals surface area contributed by atoms with Gasteiger partial charge in [-0.05, 0) is 42.1 Å². The van der Waals surface area contributed by atoms with Crippen LogP contribution in [0.3, 0.4) is 0 Å². The lowest BCUT2D eigenvalue weighted by Gasteiger charge is -2.29. The Morgan fingerprint density at radius 3 is 2.66 bits per heavy atom. The van der Waals surface area contributed by atoms with Crippen LogP contribution >= 0.6 is 11.6 Å². The Balaban J connectivity index is 1.50. The van der Waals surface area contributed by atoms with Crippen LogP contribution in [0.2, 0.25) is 6.43 Å². The van der Waals surface area contributed by atoms with E-state index in [1.807, 2.05) is 0 Å². The lowest BCUT2D eigenvalue weighted by atomic mass is 9.97. The fraction of sp³-hybridized carbons (Fsp3) is 0.304. The number of Topliss-reactive ketones (excluding diaryl/α,β-unsaturated/α-hetero) is 1. The van der Waals surface area contributed by atoms with Crippen molar-refractivity contribution >= 4 is 35.1 Å². The molecule has 0 radical (unpaired) electrons. The summed E-state index contributed by atoms with van der Waals surface area (Å²) < 4.78 is 60.7. The Hall–Kier alpha value is -3.13. The third-order valence-electron chi connectivity index (χ3n) is 5.33. The number of piperidine rings is 1. The van der Waals surface area contributed by atoms with Crippen LogP contribution in [0.4, 0.5) is 8.78 Å². The third-order valence-corrected chi connectivity index (χ3v) is 5.58. The molecule has 166 valence electrons. The van der Waals surface area contributed by atoms with E-state index < -0.39 is 60.2 Å². The van der Waals surface area contributed by atoms with Gasteiger partial charge < -0.3 is 4.90 Å². The number of nitrogens with one attached hydrogen (secondary N) is 1. The maximum Gasteiger partial charge on any atom is 0.330 e. The monoisotopic (exact) mass is 464 g/mol. The zero-order valence-corrected chi connectivity index (χ0v) is 17.2. The van der Waals surface area contributed by atoms with Crippen LogP contribution in [0.1, 0.15) is 50.4 Å². The van der Waals surface area contributed by atoms with Gasteiger partial charge in [-0.15, -0.1) is 0 Å². The van der Waals surface area contributed by atoms with Crippen LogP contribution in [0, 0.1) is 0 Å². The number of ketones is 1. The van der Waals surface area contributed by atoms with E-state index in [9.17, 15) is 28.0 Å². The van der Waals surface area contributed by atoms with E-state index in [1.165, 1.54) is 30.3 Å². The molecule has 2 aromatic carbocycles. The maximum absolute atomic E-state index is 14.5. The fourth-order valence-corrected chi connectivity index (χ4v) is 3.77. The van der Waals surface area contributed by atoms with E-state index in [-0.39, 0.29) is 28.9 Å². The van der Waals surface area contributed by atoms with E-state index in [0.717, 1.165) is 17.0 Å². The molecule has 2 aliphatic heterocycles. The van der Waals surface area contributed by atoms with Crippen molar-refractivity contribution in [3.8, 4) is 0 Å². The first-order valence-corrected chi connectivity index (χ1v) is 10.0. The van der Waals surface area contributed by atoms with Crippen molar-refractivity contribution < 1.29 is 33.5 Å². The van der Waals surface area contributed by atoms with Crippen molar-refractivity contribution in [2.24, 2.45) is 0 Å². The first-order chi connectivity index (χ1) is 16.8. The van der Waals surface area contributed by atoms with Gasteiger partial charge in [0.05, 0.1) is 0 Å². The molecular formula is C23H19ClF2N2O4. The zero-order valence-electron chi connectivity index (χ0n) is 20.5. The molecule has 2 aliphatic rings. The van der Waals surface area contributed by atoms with Crippen LogP contribution in [0.5, 0.6) is 0 Å². The number of imide groups is 1. The number of aryl methyl sites for hydroxylation is 1. The Bertz CT molecular complexity index is 1280. The number of benzene rings is 2. The summed E-state index contributed by atoms with van der Waals surface area (Å²) in [4.78, 5) is 50.5. The number of halogens is 3. The highest BCUT2D eigenvalue weighted by Gasteiger charge is 2.41. The molecule has 1 N–H and O–H groups in total. The SMILES string of the molecule is [2H]C1C(=O)N([2H])C(=O)C(N2Cc3cc(CCC(=O)C(F)(F)c4ccc(Cl)cc4)ccc3C2=O)C1([2H])[2H]. The number of fused-ring (bicyclic) bond motifs is 1. The Kier molecular flexibility index (Phi) is 4.59. The summed E-state index contributed by atoms with van der Waals surface area (Å²) in [5.41, 5.74) is 0.494. The van der Waals surface area contributed by atoms with Gasteiger partial charge in [-0.1, -0.05) is 35.9 Å². The molecule has 0 bridgehead atoms. The average molecular weight is 465 g/mol. The minimum absolute atomic E-state index is 0.0591. The molecule has 0 saturated carbocycles.